The molecular weight excluding hydrogens is 315 g/mol. The van der Waals surface area contributed by atoms with Gasteiger partial charge >= 0.3 is 6.18 Å². The van der Waals surface area contributed by atoms with Crippen LogP contribution in [0.3, 0.4) is 0 Å². The molecule has 0 heterocycles. The summed E-state index contributed by atoms with van der Waals surface area (Å²) in [4.78, 5) is 21.4. The fourth-order valence-electron chi connectivity index (χ4n) is 1.84. The summed E-state index contributed by atoms with van der Waals surface area (Å²) in [5.41, 5.74) is 4.02. The molecule has 2 aromatic rings. The molecule has 6 nitrogen and oxygen atoms in total. The van der Waals surface area contributed by atoms with Crippen molar-refractivity contribution in [3.63, 3.8) is 0 Å². The zero-order valence-corrected chi connectivity index (χ0v) is 11.4. The predicted molar refractivity (Wildman–Crippen MR) is 76.3 cm³/mol. The van der Waals surface area contributed by atoms with Crippen molar-refractivity contribution >= 4 is 23.0 Å². The van der Waals surface area contributed by atoms with Gasteiger partial charge in [0.05, 0.1) is 10.5 Å². The van der Waals surface area contributed by atoms with Gasteiger partial charge in [-0.3, -0.25) is 14.9 Å². The van der Waals surface area contributed by atoms with Crippen molar-refractivity contribution in [3.05, 3.63) is 63.7 Å². The van der Waals surface area contributed by atoms with Gasteiger partial charge in [-0.2, -0.15) is 13.2 Å². The third-order valence-corrected chi connectivity index (χ3v) is 2.97. The van der Waals surface area contributed by atoms with E-state index in [0.29, 0.717) is 0 Å². The van der Waals surface area contributed by atoms with Crippen LogP contribution in [0.5, 0.6) is 0 Å². The number of anilines is 2. The van der Waals surface area contributed by atoms with Crippen LogP contribution in [-0.4, -0.2) is 10.8 Å². The number of amides is 1. The van der Waals surface area contributed by atoms with Gasteiger partial charge < -0.3 is 11.1 Å². The second kappa shape index (κ2) is 5.95. The van der Waals surface area contributed by atoms with E-state index >= 15 is 0 Å². The van der Waals surface area contributed by atoms with Gasteiger partial charge in [0.15, 0.2) is 0 Å². The number of hydrogen-bond acceptors (Lipinski definition) is 4. The number of nitrogens with two attached hydrogens (primary N) is 1. The fourth-order valence-corrected chi connectivity index (χ4v) is 1.84. The first-order chi connectivity index (χ1) is 10.7. The highest BCUT2D eigenvalue weighted by atomic mass is 19.4. The summed E-state index contributed by atoms with van der Waals surface area (Å²) in [6.45, 7) is 0. The lowest BCUT2D eigenvalue weighted by atomic mass is 10.1. The maximum absolute atomic E-state index is 12.5. The average Bonchev–Trinajstić information content (AvgIpc) is 2.46. The van der Waals surface area contributed by atoms with Crippen LogP contribution in [0.2, 0.25) is 0 Å². The van der Waals surface area contributed by atoms with Gasteiger partial charge in [-0.05, 0) is 36.4 Å². The van der Waals surface area contributed by atoms with Crippen molar-refractivity contribution in [3.8, 4) is 0 Å². The Morgan fingerprint density at radius 3 is 2.22 bits per heavy atom. The third kappa shape index (κ3) is 3.76. The largest absolute Gasteiger partial charge is 0.416 e. The third-order valence-electron chi connectivity index (χ3n) is 2.97. The van der Waals surface area contributed by atoms with Crippen LogP contribution in [0, 0.1) is 10.1 Å². The second-order valence-corrected chi connectivity index (χ2v) is 4.55. The molecule has 0 aliphatic carbocycles. The second-order valence-electron chi connectivity index (χ2n) is 4.55. The Morgan fingerprint density at radius 1 is 1.13 bits per heavy atom. The first-order valence-electron chi connectivity index (χ1n) is 6.21. The van der Waals surface area contributed by atoms with E-state index in [0.717, 1.165) is 30.3 Å². The molecule has 3 N–H and O–H groups in total. The van der Waals surface area contributed by atoms with Crippen molar-refractivity contribution in [2.24, 2.45) is 5.73 Å². The number of halogens is 3. The molecular formula is C14H10F3N3O3. The SMILES string of the molecule is NC(=O)c1ccc(Nc2ccc(C(F)(F)F)cc2)c([N+](=O)[O-])c1. The monoisotopic (exact) mass is 325 g/mol. The summed E-state index contributed by atoms with van der Waals surface area (Å²) >= 11 is 0. The van der Waals surface area contributed by atoms with Gasteiger partial charge in [0.1, 0.15) is 5.69 Å². The Balaban J connectivity index is 2.32. The lowest BCUT2D eigenvalue weighted by Crippen LogP contribution is -2.11. The smallest absolute Gasteiger partial charge is 0.366 e. The summed E-state index contributed by atoms with van der Waals surface area (Å²) in [6, 6.07) is 7.54. The number of nitrogens with one attached hydrogen (secondary N) is 1. The van der Waals surface area contributed by atoms with Crippen LogP contribution < -0.4 is 11.1 Å². The van der Waals surface area contributed by atoms with Gasteiger partial charge in [-0.15, -0.1) is 0 Å². The van der Waals surface area contributed by atoms with Crippen molar-refractivity contribution in [2.45, 2.75) is 6.18 Å². The normalized spacial score (nSPS) is 11.1. The van der Waals surface area contributed by atoms with Gasteiger partial charge in [0.2, 0.25) is 5.91 Å². The number of hydrogen-bond donors (Lipinski definition) is 2. The Bertz CT molecular complexity index is 758. The van der Waals surface area contributed by atoms with E-state index in [1.807, 2.05) is 0 Å². The number of nitro benzene ring substituents is 1. The van der Waals surface area contributed by atoms with Crippen LogP contribution in [-0.2, 0) is 6.18 Å². The molecule has 0 atom stereocenters. The summed E-state index contributed by atoms with van der Waals surface area (Å²) in [5.74, 6) is -0.825. The lowest BCUT2D eigenvalue weighted by molar-refractivity contribution is -0.383. The molecule has 0 radical (unpaired) electrons. The molecule has 0 aliphatic heterocycles. The Hall–Kier alpha value is -3.10. The van der Waals surface area contributed by atoms with E-state index in [9.17, 15) is 28.1 Å². The van der Waals surface area contributed by atoms with Gasteiger partial charge in [-0.25, -0.2) is 0 Å². The number of primary amides is 1. The molecule has 23 heavy (non-hydrogen) atoms. The fraction of sp³-hybridized carbons (Fsp3) is 0.0714. The van der Waals surface area contributed by atoms with Gasteiger partial charge in [0, 0.05) is 17.3 Å². The number of rotatable bonds is 4. The zero-order valence-electron chi connectivity index (χ0n) is 11.4. The van der Waals surface area contributed by atoms with Crippen molar-refractivity contribution in [1.82, 2.24) is 0 Å². The van der Waals surface area contributed by atoms with Crippen LogP contribution in [0.1, 0.15) is 15.9 Å². The van der Waals surface area contributed by atoms with Crippen molar-refractivity contribution in [1.29, 1.82) is 0 Å². The van der Waals surface area contributed by atoms with Gasteiger partial charge in [0.25, 0.3) is 5.69 Å². The number of benzene rings is 2. The summed E-state index contributed by atoms with van der Waals surface area (Å²) in [5, 5.41) is 13.7. The highest BCUT2D eigenvalue weighted by molar-refractivity contribution is 5.94. The van der Waals surface area contributed by atoms with Crippen LogP contribution in [0.25, 0.3) is 0 Å². The minimum Gasteiger partial charge on any atom is -0.366 e. The molecule has 2 rings (SSSR count). The minimum atomic E-state index is -4.46. The molecule has 2 aromatic carbocycles. The molecule has 0 aromatic heterocycles. The molecule has 0 aliphatic rings. The minimum absolute atomic E-state index is 0.0276. The Kier molecular flexibility index (Phi) is 4.21. The van der Waals surface area contributed by atoms with E-state index < -0.39 is 28.3 Å². The Morgan fingerprint density at radius 2 is 1.74 bits per heavy atom. The molecule has 0 saturated heterocycles. The molecule has 9 heteroatoms. The lowest BCUT2D eigenvalue weighted by Gasteiger charge is -2.10. The van der Waals surface area contributed by atoms with E-state index in [1.165, 1.54) is 12.1 Å². The average molecular weight is 325 g/mol. The molecule has 0 unspecified atom stereocenters. The zero-order chi connectivity index (χ0) is 17.2. The van der Waals surface area contributed by atoms with E-state index in [-0.39, 0.29) is 16.9 Å². The quantitative estimate of drug-likeness (QED) is 0.664. The van der Waals surface area contributed by atoms with Crippen molar-refractivity contribution < 1.29 is 22.9 Å². The molecule has 0 bridgehead atoms. The highest BCUT2D eigenvalue weighted by Crippen LogP contribution is 2.32. The number of nitrogens with zero attached hydrogens (tertiary/aromatic N) is 1. The summed E-state index contributed by atoms with van der Waals surface area (Å²) in [7, 11) is 0. The number of alkyl halides is 3. The molecule has 0 spiro atoms. The van der Waals surface area contributed by atoms with E-state index in [2.05, 4.69) is 5.32 Å². The number of carbonyl (C=O) groups is 1. The molecule has 0 saturated carbocycles. The molecule has 0 fully saturated rings. The van der Waals surface area contributed by atoms with Crippen LogP contribution in [0.15, 0.2) is 42.5 Å². The maximum Gasteiger partial charge on any atom is 0.416 e. The number of nitro groups is 1. The predicted octanol–water partition coefficient (Wildman–Crippen LogP) is 3.46. The maximum atomic E-state index is 12.5. The highest BCUT2D eigenvalue weighted by Gasteiger charge is 2.30. The molecule has 1 amide bonds. The summed E-state index contributed by atoms with van der Waals surface area (Å²) < 4.78 is 37.4. The molecule has 120 valence electrons. The number of carbonyl (C=O) groups excluding carboxylic acids is 1. The van der Waals surface area contributed by atoms with Crippen LogP contribution >= 0.6 is 0 Å². The first-order valence-corrected chi connectivity index (χ1v) is 6.21. The van der Waals surface area contributed by atoms with E-state index in [1.54, 1.807) is 0 Å². The van der Waals surface area contributed by atoms with Crippen LogP contribution in [0.4, 0.5) is 30.2 Å². The standard InChI is InChI=1S/C14H10F3N3O3/c15-14(16,17)9-2-4-10(5-3-9)19-11-6-1-8(13(18)21)7-12(11)20(22)23/h1-7,19H,(H2,18,21). The first kappa shape index (κ1) is 16.3. The van der Waals surface area contributed by atoms with E-state index in [4.69, 9.17) is 5.73 Å². The summed E-state index contributed by atoms with van der Waals surface area (Å²) in [6.07, 6.45) is -4.46. The van der Waals surface area contributed by atoms with Gasteiger partial charge in [-0.1, -0.05) is 0 Å². The Labute approximate surface area is 127 Å². The van der Waals surface area contributed by atoms with Crippen molar-refractivity contribution in [2.75, 3.05) is 5.32 Å². The topological polar surface area (TPSA) is 98.3 Å².